The summed E-state index contributed by atoms with van der Waals surface area (Å²) in [5, 5.41) is 10.1. The number of halogens is 1. The Morgan fingerprint density at radius 1 is 1.54 bits per heavy atom. The van der Waals surface area contributed by atoms with Crippen LogP contribution >= 0.6 is 15.9 Å². The summed E-state index contributed by atoms with van der Waals surface area (Å²) >= 11 is 3.65. The van der Waals surface area contributed by atoms with Gasteiger partial charge >= 0.3 is 0 Å². The molecule has 1 aromatic rings. The summed E-state index contributed by atoms with van der Waals surface area (Å²) in [5.74, 6) is 1.51. The minimum Gasteiger partial charge on any atom is -0.493 e. The van der Waals surface area contributed by atoms with Gasteiger partial charge in [0, 0.05) is 36.5 Å². The van der Waals surface area contributed by atoms with Gasteiger partial charge in [-0.25, -0.2) is 0 Å². The number of hydrogen-bond donors (Lipinski definition) is 1. The molecule has 1 aromatic carbocycles. The summed E-state index contributed by atoms with van der Waals surface area (Å²) in [6.07, 6.45) is 4.62. The summed E-state index contributed by atoms with van der Waals surface area (Å²) in [4.78, 5) is 13.9. The molecule has 4 rings (SSSR count). The van der Waals surface area contributed by atoms with Crippen LogP contribution in [-0.4, -0.2) is 41.8 Å². The first kappa shape index (κ1) is 16.0. The third-order valence-corrected chi connectivity index (χ3v) is 6.19. The smallest absolute Gasteiger partial charge is 0.219 e. The highest BCUT2D eigenvalue weighted by molar-refractivity contribution is 9.10. The molecule has 2 aliphatic heterocycles. The normalized spacial score (nSPS) is 30.2. The predicted molar refractivity (Wildman–Crippen MR) is 92.3 cm³/mol. The SMILES string of the molecule is COc1cc(Br)c2c3c1OC1C[C@@H](O)C=CC31CCN(C(C)=O)C2. The van der Waals surface area contributed by atoms with Crippen molar-refractivity contribution in [3.05, 3.63) is 33.8 Å². The Morgan fingerprint density at radius 3 is 3.04 bits per heavy atom. The average molecular weight is 394 g/mol. The van der Waals surface area contributed by atoms with Crippen molar-refractivity contribution in [3.63, 3.8) is 0 Å². The molecule has 0 saturated heterocycles. The van der Waals surface area contributed by atoms with E-state index in [0.717, 1.165) is 27.8 Å². The third kappa shape index (κ3) is 2.12. The van der Waals surface area contributed by atoms with E-state index < -0.39 is 6.10 Å². The number of aliphatic hydroxyl groups is 1. The molecule has 1 N–H and O–H groups in total. The molecule has 5 nitrogen and oxygen atoms in total. The van der Waals surface area contributed by atoms with Crippen LogP contribution < -0.4 is 9.47 Å². The first-order chi connectivity index (χ1) is 11.5. The molecule has 2 unspecified atom stereocenters. The lowest BCUT2D eigenvalue weighted by Gasteiger charge is -2.35. The first-order valence-corrected chi connectivity index (χ1v) is 8.95. The molecule has 1 spiro atoms. The number of rotatable bonds is 1. The van der Waals surface area contributed by atoms with Crippen LogP contribution in [0.4, 0.5) is 0 Å². The maximum Gasteiger partial charge on any atom is 0.219 e. The standard InChI is InChI=1S/C18H20BrNO4/c1-10(21)20-6-5-18-4-3-11(22)7-15(18)24-17-14(23-2)8-13(19)12(9-20)16(17)18/h3-4,8,11,15,22H,5-7,9H2,1-2H3/t11-,15?,18?/m0/s1. The van der Waals surface area contributed by atoms with Crippen molar-refractivity contribution < 1.29 is 19.4 Å². The minimum absolute atomic E-state index is 0.0696. The molecule has 3 aliphatic rings. The third-order valence-electron chi connectivity index (χ3n) is 5.48. The molecule has 1 amide bonds. The Labute approximate surface area is 149 Å². The van der Waals surface area contributed by atoms with Crippen LogP contribution in [0.25, 0.3) is 0 Å². The zero-order valence-corrected chi connectivity index (χ0v) is 15.3. The zero-order chi connectivity index (χ0) is 17.1. The molecule has 1 aliphatic carbocycles. The summed E-state index contributed by atoms with van der Waals surface area (Å²) in [6, 6.07) is 1.91. The molecule has 0 fully saturated rings. The summed E-state index contributed by atoms with van der Waals surface area (Å²) in [5.41, 5.74) is 1.86. The molecule has 128 valence electrons. The lowest BCUT2D eigenvalue weighted by Crippen LogP contribution is -2.43. The minimum atomic E-state index is -0.500. The van der Waals surface area contributed by atoms with Gasteiger partial charge in [0.25, 0.3) is 0 Å². The summed E-state index contributed by atoms with van der Waals surface area (Å²) in [6.45, 7) is 2.82. The second-order valence-electron chi connectivity index (χ2n) is 6.74. The Balaban J connectivity index is 1.97. The van der Waals surface area contributed by atoms with E-state index in [2.05, 4.69) is 22.0 Å². The number of benzene rings is 1. The quantitative estimate of drug-likeness (QED) is 0.744. The van der Waals surface area contributed by atoms with E-state index in [1.807, 2.05) is 17.0 Å². The van der Waals surface area contributed by atoms with E-state index >= 15 is 0 Å². The first-order valence-electron chi connectivity index (χ1n) is 8.15. The molecule has 2 heterocycles. The summed E-state index contributed by atoms with van der Waals surface area (Å²) in [7, 11) is 1.63. The van der Waals surface area contributed by atoms with Crippen molar-refractivity contribution in [2.24, 2.45) is 0 Å². The van der Waals surface area contributed by atoms with Crippen LogP contribution in [0.2, 0.25) is 0 Å². The number of methoxy groups -OCH3 is 1. The maximum atomic E-state index is 12.0. The zero-order valence-electron chi connectivity index (χ0n) is 13.7. The lowest BCUT2D eigenvalue weighted by atomic mass is 9.69. The van der Waals surface area contributed by atoms with E-state index in [1.165, 1.54) is 0 Å². The van der Waals surface area contributed by atoms with Gasteiger partial charge in [0.15, 0.2) is 11.5 Å². The molecule has 0 saturated carbocycles. The van der Waals surface area contributed by atoms with Gasteiger partial charge in [-0.1, -0.05) is 28.1 Å². The maximum absolute atomic E-state index is 12.0. The van der Waals surface area contributed by atoms with Gasteiger partial charge < -0.3 is 19.5 Å². The van der Waals surface area contributed by atoms with E-state index in [-0.39, 0.29) is 17.4 Å². The van der Waals surface area contributed by atoms with Crippen LogP contribution in [0, 0.1) is 0 Å². The lowest BCUT2D eigenvalue weighted by molar-refractivity contribution is -0.129. The van der Waals surface area contributed by atoms with Crippen molar-refractivity contribution >= 4 is 21.8 Å². The molecular formula is C18H20BrNO4. The molecule has 0 aromatic heterocycles. The number of carbonyl (C=O) groups is 1. The topological polar surface area (TPSA) is 59.0 Å². The fraction of sp³-hybridized carbons (Fsp3) is 0.500. The van der Waals surface area contributed by atoms with Gasteiger partial charge in [-0.05, 0) is 18.1 Å². The Kier molecular flexibility index (Phi) is 3.65. The largest absolute Gasteiger partial charge is 0.493 e. The van der Waals surface area contributed by atoms with Gasteiger partial charge in [0.05, 0.1) is 18.6 Å². The number of nitrogens with zero attached hydrogens (tertiary/aromatic N) is 1. The van der Waals surface area contributed by atoms with Crippen molar-refractivity contribution in [3.8, 4) is 11.5 Å². The molecule has 6 heteroatoms. The second-order valence-corrected chi connectivity index (χ2v) is 7.60. The Bertz CT molecular complexity index is 747. The molecule has 0 bridgehead atoms. The van der Waals surface area contributed by atoms with E-state index in [4.69, 9.17) is 9.47 Å². The van der Waals surface area contributed by atoms with Crippen LogP contribution in [0.5, 0.6) is 11.5 Å². The summed E-state index contributed by atoms with van der Waals surface area (Å²) < 4.78 is 12.7. The Morgan fingerprint density at radius 2 is 2.33 bits per heavy atom. The number of amides is 1. The second kappa shape index (κ2) is 5.49. The fourth-order valence-electron chi connectivity index (χ4n) is 4.23. The highest BCUT2D eigenvalue weighted by atomic mass is 79.9. The van der Waals surface area contributed by atoms with Gasteiger partial charge in [0.1, 0.15) is 6.10 Å². The van der Waals surface area contributed by atoms with E-state index in [1.54, 1.807) is 14.0 Å². The highest BCUT2D eigenvalue weighted by Gasteiger charge is 2.53. The van der Waals surface area contributed by atoms with Crippen molar-refractivity contribution in [2.45, 2.75) is 43.9 Å². The van der Waals surface area contributed by atoms with Crippen LogP contribution in [0.1, 0.15) is 30.9 Å². The van der Waals surface area contributed by atoms with E-state index in [9.17, 15) is 9.90 Å². The fourth-order valence-corrected chi connectivity index (χ4v) is 4.76. The van der Waals surface area contributed by atoms with Gasteiger partial charge in [-0.15, -0.1) is 0 Å². The van der Waals surface area contributed by atoms with Crippen LogP contribution in [0.3, 0.4) is 0 Å². The molecular weight excluding hydrogens is 374 g/mol. The number of ether oxygens (including phenoxy) is 2. The molecule has 3 atom stereocenters. The van der Waals surface area contributed by atoms with Crippen LogP contribution in [-0.2, 0) is 16.8 Å². The van der Waals surface area contributed by atoms with Crippen molar-refractivity contribution in [2.75, 3.05) is 13.7 Å². The number of aliphatic hydroxyl groups excluding tert-OH is 1. The van der Waals surface area contributed by atoms with Gasteiger partial charge in [0.2, 0.25) is 5.91 Å². The molecule has 24 heavy (non-hydrogen) atoms. The predicted octanol–water partition coefficient (Wildman–Crippen LogP) is 2.53. The van der Waals surface area contributed by atoms with Gasteiger partial charge in [-0.2, -0.15) is 0 Å². The average Bonchev–Trinajstić information content (AvgIpc) is 2.76. The Hall–Kier alpha value is -1.53. The number of carbonyl (C=O) groups excluding carboxylic acids is 1. The van der Waals surface area contributed by atoms with E-state index in [0.29, 0.717) is 25.3 Å². The highest BCUT2D eigenvalue weighted by Crippen LogP contribution is 2.57. The van der Waals surface area contributed by atoms with Crippen molar-refractivity contribution in [1.29, 1.82) is 0 Å². The molecule has 0 radical (unpaired) electrons. The van der Waals surface area contributed by atoms with Crippen molar-refractivity contribution in [1.82, 2.24) is 4.90 Å². The van der Waals surface area contributed by atoms with Gasteiger partial charge in [-0.3, -0.25) is 4.79 Å². The van der Waals surface area contributed by atoms with Crippen LogP contribution in [0.15, 0.2) is 22.7 Å². The monoisotopic (exact) mass is 393 g/mol. The number of hydrogen-bond acceptors (Lipinski definition) is 4.